The van der Waals surface area contributed by atoms with Gasteiger partial charge in [-0.2, -0.15) is 0 Å². The number of rotatable bonds is 62. The molecule has 0 aromatic rings. The van der Waals surface area contributed by atoms with Crippen LogP contribution in [0.1, 0.15) is 361 Å². The molecule has 1 amide bonds. The molecule has 0 aliphatic rings. The Morgan fingerprint density at radius 1 is 0.365 bits per heavy atom. The van der Waals surface area contributed by atoms with Crippen LogP contribution in [0.4, 0.5) is 0 Å². The van der Waals surface area contributed by atoms with Crippen molar-refractivity contribution < 1.29 is 24.5 Å². The molecular formula is C68H129NO5. The van der Waals surface area contributed by atoms with E-state index in [2.05, 4.69) is 43.5 Å². The van der Waals surface area contributed by atoms with Crippen LogP contribution in [-0.4, -0.2) is 47.4 Å². The maximum absolute atomic E-state index is 12.5. The van der Waals surface area contributed by atoms with Crippen LogP contribution in [0.15, 0.2) is 36.5 Å². The maximum Gasteiger partial charge on any atom is 0.305 e. The predicted octanol–water partition coefficient (Wildman–Crippen LogP) is 21.1. The first-order valence-corrected chi connectivity index (χ1v) is 33.3. The molecule has 0 aliphatic carbocycles. The predicted molar refractivity (Wildman–Crippen MR) is 324 cm³/mol. The Morgan fingerprint density at radius 3 is 1.00 bits per heavy atom. The summed E-state index contributed by atoms with van der Waals surface area (Å²) in [5.41, 5.74) is 0. The van der Waals surface area contributed by atoms with Gasteiger partial charge in [-0.3, -0.25) is 9.59 Å². The van der Waals surface area contributed by atoms with Gasteiger partial charge in [0.15, 0.2) is 0 Å². The van der Waals surface area contributed by atoms with Crippen molar-refractivity contribution in [3.8, 4) is 0 Å². The second-order valence-electron chi connectivity index (χ2n) is 22.8. The standard InChI is InChI=1S/C68H129NO5/c1-3-5-7-9-11-13-15-16-17-31-34-37-41-44-48-52-56-60-66(71)65(64-70)69-67(72)61-57-53-49-45-42-38-35-32-29-27-25-23-21-19-18-20-22-24-26-28-30-33-36-39-43-47-51-55-59-63-74-68(73)62-58-54-50-46-40-14-12-10-8-6-4-2/h10,12,18,20,56,60,65-66,70-71H,3-9,11,13-17,19,21-55,57-59,61-64H2,1-2H3,(H,69,72)/b12-10-,20-18-,60-56+. The highest BCUT2D eigenvalue weighted by Crippen LogP contribution is 2.18. The minimum atomic E-state index is -0.844. The zero-order valence-electron chi connectivity index (χ0n) is 49.8. The lowest BCUT2D eigenvalue weighted by Gasteiger charge is -2.20. The molecule has 0 aromatic carbocycles. The Balaban J connectivity index is 3.40. The van der Waals surface area contributed by atoms with E-state index in [0.717, 1.165) is 44.9 Å². The number of amides is 1. The van der Waals surface area contributed by atoms with Gasteiger partial charge in [0.2, 0.25) is 5.91 Å². The zero-order valence-corrected chi connectivity index (χ0v) is 49.8. The van der Waals surface area contributed by atoms with E-state index in [1.165, 1.54) is 289 Å². The molecule has 0 radical (unpaired) electrons. The van der Waals surface area contributed by atoms with Gasteiger partial charge < -0.3 is 20.3 Å². The SMILES string of the molecule is CCCC/C=C\CCCCCCCC(=O)OCCCCCCCCCCCCCC/C=C\CCCCCCCCCCCCCCCC(=O)NC(CO)C(O)/C=C/CCCCCCCCCCCCCCCCC. The highest BCUT2D eigenvalue weighted by atomic mass is 16.5. The topological polar surface area (TPSA) is 95.9 Å². The summed E-state index contributed by atoms with van der Waals surface area (Å²) in [6, 6.07) is -0.627. The summed E-state index contributed by atoms with van der Waals surface area (Å²) >= 11 is 0. The molecule has 0 saturated heterocycles. The summed E-state index contributed by atoms with van der Waals surface area (Å²) in [7, 11) is 0. The van der Waals surface area contributed by atoms with Crippen molar-refractivity contribution in [2.45, 2.75) is 373 Å². The van der Waals surface area contributed by atoms with E-state index in [0.29, 0.717) is 19.4 Å². The number of esters is 1. The molecule has 0 aliphatic heterocycles. The van der Waals surface area contributed by atoms with Gasteiger partial charge in [-0.1, -0.05) is 307 Å². The van der Waals surface area contributed by atoms with E-state index in [1.807, 2.05) is 6.08 Å². The summed E-state index contributed by atoms with van der Waals surface area (Å²) in [6.07, 6.45) is 80.7. The fraction of sp³-hybridized carbons (Fsp3) is 0.882. The molecule has 6 heteroatoms. The highest BCUT2D eigenvalue weighted by Gasteiger charge is 2.18. The molecule has 0 bridgehead atoms. The summed E-state index contributed by atoms with van der Waals surface area (Å²) in [4.78, 5) is 24.5. The number of aliphatic hydroxyl groups is 2. The minimum absolute atomic E-state index is 0.00510. The van der Waals surface area contributed by atoms with Crippen molar-refractivity contribution in [2.24, 2.45) is 0 Å². The molecule has 0 fully saturated rings. The summed E-state index contributed by atoms with van der Waals surface area (Å²) in [5.74, 6) is -0.0597. The van der Waals surface area contributed by atoms with Crippen molar-refractivity contribution in [2.75, 3.05) is 13.2 Å². The van der Waals surface area contributed by atoms with Crippen molar-refractivity contribution in [1.82, 2.24) is 5.32 Å². The third-order valence-corrected chi connectivity index (χ3v) is 15.4. The van der Waals surface area contributed by atoms with Crippen molar-refractivity contribution >= 4 is 11.9 Å². The number of unbranched alkanes of at least 4 members (excludes halogenated alkanes) is 47. The number of aliphatic hydroxyl groups excluding tert-OH is 2. The third kappa shape index (κ3) is 59.3. The van der Waals surface area contributed by atoms with E-state index >= 15 is 0 Å². The van der Waals surface area contributed by atoms with Gasteiger partial charge in [-0.15, -0.1) is 0 Å². The number of hydrogen-bond donors (Lipinski definition) is 3. The van der Waals surface area contributed by atoms with Gasteiger partial charge in [-0.25, -0.2) is 0 Å². The largest absolute Gasteiger partial charge is 0.466 e. The normalized spacial score (nSPS) is 12.8. The van der Waals surface area contributed by atoms with Crippen LogP contribution in [0.3, 0.4) is 0 Å². The summed E-state index contributed by atoms with van der Waals surface area (Å²) in [6.45, 7) is 4.89. The van der Waals surface area contributed by atoms with Crippen LogP contribution < -0.4 is 5.32 Å². The fourth-order valence-corrected chi connectivity index (χ4v) is 10.3. The molecule has 6 nitrogen and oxygen atoms in total. The zero-order chi connectivity index (χ0) is 53.6. The lowest BCUT2D eigenvalue weighted by atomic mass is 10.0. The first-order chi connectivity index (χ1) is 36.5. The van der Waals surface area contributed by atoms with Crippen molar-refractivity contribution in [3.05, 3.63) is 36.5 Å². The van der Waals surface area contributed by atoms with Crippen LogP contribution in [0, 0.1) is 0 Å². The number of carbonyl (C=O) groups excluding carboxylic acids is 2. The first-order valence-electron chi connectivity index (χ1n) is 33.3. The highest BCUT2D eigenvalue weighted by molar-refractivity contribution is 5.76. The van der Waals surface area contributed by atoms with E-state index in [4.69, 9.17) is 4.74 Å². The van der Waals surface area contributed by atoms with Crippen molar-refractivity contribution in [3.63, 3.8) is 0 Å². The Bertz CT molecular complexity index is 1200. The monoisotopic (exact) mass is 1040 g/mol. The van der Waals surface area contributed by atoms with Gasteiger partial charge in [0, 0.05) is 12.8 Å². The Morgan fingerprint density at radius 2 is 0.649 bits per heavy atom. The van der Waals surface area contributed by atoms with Gasteiger partial charge in [0.1, 0.15) is 0 Å². The smallest absolute Gasteiger partial charge is 0.305 e. The van der Waals surface area contributed by atoms with Gasteiger partial charge in [0.25, 0.3) is 0 Å². The molecule has 2 atom stereocenters. The molecule has 2 unspecified atom stereocenters. The van der Waals surface area contributed by atoms with Crippen LogP contribution in [0.2, 0.25) is 0 Å². The number of hydrogen-bond acceptors (Lipinski definition) is 5. The molecule has 0 aromatic heterocycles. The van der Waals surface area contributed by atoms with E-state index in [1.54, 1.807) is 6.08 Å². The maximum atomic E-state index is 12.5. The van der Waals surface area contributed by atoms with Gasteiger partial charge >= 0.3 is 5.97 Å². The molecule has 0 heterocycles. The fourth-order valence-electron chi connectivity index (χ4n) is 10.3. The molecule has 0 spiro atoms. The minimum Gasteiger partial charge on any atom is -0.466 e. The molecule has 74 heavy (non-hydrogen) atoms. The molecule has 3 N–H and O–H groups in total. The quantitative estimate of drug-likeness (QED) is 0.0320. The second-order valence-corrected chi connectivity index (χ2v) is 22.8. The molecular weight excluding hydrogens is 911 g/mol. The lowest BCUT2D eigenvalue weighted by Crippen LogP contribution is -2.45. The van der Waals surface area contributed by atoms with Crippen LogP contribution in [0.25, 0.3) is 0 Å². The summed E-state index contributed by atoms with van der Waals surface area (Å²) in [5, 5.41) is 23.2. The average molecular weight is 1040 g/mol. The Hall–Kier alpha value is -1.92. The number of carbonyl (C=O) groups is 2. The molecule has 436 valence electrons. The van der Waals surface area contributed by atoms with E-state index in [9.17, 15) is 19.8 Å². The second kappa shape index (κ2) is 63.6. The van der Waals surface area contributed by atoms with E-state index in [-0.39, 0.29) is 18.5 Å². The number of nitrogens with one attached hydrogen (secondary N) is 1. The van der Waals surface area contributed by atoms with Gasteiger partial charge in [0.05, 0.1) is 25.4 Å². The first kappa shape index (κ1) is 72.1. The lowest BCUT2D eigenvalue weighted by molar-refractivity contribution is -0.143. The van der Waals surface area contributed by atoms with Crippen LogP contribution in [0.5, 0.6) is 0 Å². The van der Waals surface area contributed by atoms with Crippen molar-refractivity contribution in [1.29, 1.82) is 0 Å². The average Bonchev–Trinajstić information content (AvgIpc) is 3.40. The number of allylic oxidation sites excluding steroid dienone is 5. The Kier molecular flexibility index (Phi) is 62.0. The van der Waals surface area contributed by atoms with Crippen LogP contribution >= 0.6 is 0 Å². The molecule has 0 saturated carbocycles. The molecule has 0 rings (SSSR count). The van der Waals surface area contributed by atoms with Gasteiger partial charge in [-0.05, 0) is 77.0 Å². The number of ether oxygens (including phenoxy) is 1. The third-order valence-electron chi connectivity index (χ3n) is 15.4. The summed E-state index contributed by atoms with van der Waals surface area (Å²) < 4.78 is 5.46. The Labute approximate surface area is 462 Å². The van der Waals surface area contributed by atoms with Crippen LogP contribution in [-0.2, 0) is 14.3 Å². The van der Waals surface area contributed by atoms with E-state index < -0.39 is 12.1 Å².